The number of hydrogen-bond donors (Lipinski definition) is 1. The molecule has 0 spiro atoms. The van der Waals surface area contributed by atoms with Crippen LogP contribution in [0.3, 0.4) is 0 Å². The zero-order valence-corrected chi connectivity index (χ0v) is 21.8. The largest absolute Gasteiger partial charge is 0.354 e. The number of carbonyl (C=O) groups excluding carboxylic acids is 2. The molecule has 0 fully saturated rings. The Hall–Kier alpha value is -3.05. The molecular formula is C30H36N2O2S. The highest BCUT2D eigenvalue weighted by Crippen LogP contribution is 2.21. The van der Waals surface area contributed by atoms with Gasteiger partial charge < -0.3 is 10.2 Å². The molecule has 4 nitrogen and oxygen atoms in total. The van der Waals surface area contributed by atoms with Crippen LogP contribution in [-0.2, 0) is 22.6 Å². The van der Waals surface area contributed by atoms with E-state index in [1.54, 1.807) is 16.7 Å². The Kier molecular flexibility index (Phi) is 10.4. The Labute approximate surface area is 214 Å². The second-order valence-electron chi connectivity index (χ2n) is 9.27. The summed E-state index contributed by atoms with van der Waals surface area (Å²) in [5, 5.41) is 3.08. The van der Waals surface area contributed by atoms with Gasteiger partial charge in [0, 0.05) is 36.6 Å². The Bertz CT molecular complexity index is 1070. The highest BCUT2D eigenvalue weighted by molar-refractivity contribution is 7.99. The smallest absolute Gasteiger partial charge is 0.243 e. The van der Waals surface area contributed by atoms with Gasteiger partial charge in [-0.25, -0.2) is 0 Å². The average molecular weight is 489 g/mol. The van der Waals surface area contributed by atoms with Crippen LogP contribution < -0.4 is 5.32 Å². The third-order valence-electron chi connectivity index (χ3n) is 5.72. The van der Waals surface area contributed by atoms with Crippen molar-refractivity contribution in [3.8, 4) is 0 Å². The van der Waals surface area contributed by atoms with Crippen molar-refractivity contribution < 1.29 is 9.59 Å². The number of nitrogens with one attached hydrogen (secondary N) is 1. The van der Waals surface area contributed by atoms with E-state index in [-0.39, 0.29) is 11.8 Å². The van der Waals surface area contributed by atoms with Gasteiger partial charge in [-0.1, -0.05) is 92.2 Å². The summed E-state index contributed by atoms with van der Waals surface area (Å²) in [6.07, 6.45) is 0.849. The average Bonchev–Trinajstić information content (AvgIpc) is 2.86. The number of hydrogen-bond acceptors (Lipinski definition) is 3. The number of amides is 2. The maximum Gasteiger partial charge on any atom is 0.243 e. The van der Waals surface area contributed by atoms with E-state index >= 15 is 0 Å². The lowest BCUT2D eigenvalue weighted by Crippen LogP contribution is -2.51. The third-order valence-corrected chi connectivity index (χ3v) is 6.73. The van der Waals surface area contributed by atoms with E-state index in [1.807, 2.05) is 73.7 Å². The van der Waals surface area contributed by atoms with E-state index in [0.29, 0.717) is 37.6 Å². The van der Waals surface area contributed by atoms with Crippen molar-refractivity contribution in [2.75, 3.05) is 12.3 Å². The van der Waals surface area contributed by atoms with Gasteiger partial charge in [-0.15, -0.1) is 11.8 Å². The van der Waals surface area contributed by atoms with Crippen LogP contribution in [0, 0.1) is 12.8 Å². The van der Waals surface area contributed by atoms with Gasteiger partial charge in [0.1, 0.15) is 6.04 Å². The molecule has 0 heterocycles. The fraction of sp³-hybridized carbons (Fsp3) is 0.333. The SMILES string of the molecule is Cc1cccc(CN(C(=O)CCSc2ccccc2)[C@@H](Cc2ccccc2)C(=O)NCC(C)C)c1. The van der Waals surface area contributed by atoms with E-state index in [2.05, 4.69) is 37.4 Å². The fourth-order valence-corrected chi connectivity index (χ4v) is 4.76. The predicted octanol–water partition coefficient (Wildman–Crippen LogP) is 5.89. The molecule has 0 bridgehead atoms. The minimum absolute atomic E-state index is 0.00411. The first kappa shape index (κ1) is 26.6. The normalized spacial score (nSPS) is 11.8. The summed E-state index contributed by atoms with van der Waals surface area (Å²) in [7, 11) is 0. The van der Waals surface area contributed by atoms with Crippen molar-refractivity contribution in [2.24, 2.45) is 5.92 Å². The van der Waals surface area contributed by atoms with Crippen LogP contribution in [0.1, 0.15) is 37.0 Å². The lowest BCUT2D eigenvalue weighted by molar-refractivity contribution is -0.141. The first-order valence-corrected chi connectivity index (χ1v) is 13.3. The molecule has 0 unspecified atom stereocenters. The van der Waals surface area contributed by atoms with Crippen molar-refractivity contribution in [1.82, 2.24) is 10.2 Å². The van der Waals surface area contributed by atoms with Crippen molar-refractivity contribution in [3.63, 3.8) is 0 Å². The minimum Gasteiger partial charge on any atom is -0.354 e. The molecule has 0 saturated heterocycles. The number of aryl methyl sites for hydroxylation is 1. The highest BCUT2D eigenvalue weighted by atomic mass is 32.2. The topological polar surface area (TPSA) is 49.4 Å². The van der Waals surface area contributed by atoms with Gasteiger partial charge in [0.25, 0.3) is 0 Å². The molecule has 3 aromatic carbocycles. The molecule has 0 saturated carbocycles. The van der Waals surface area contributed by atoms with Gasteiger partial charge in [-0.2, -0.15) is 0 Å². The molecule has 3 aromatic rings. The van der Waals surface area contributed by atoms with E-state index in [0.717, 1.165) is 21.6 Å². The minimum atomic E-state index is -0.578. The summed E-state index contributed by atoms with van der Waals surface area (Å²) < 4.78 is 0. The van der Waals surface area contributed by atoms with Crippen molar-refractivity contribution in [3.05, 3.63) is 102 Å². The van der Waals surface area contributed by atoms with Gasteiger partial charge in [0.2, 0.25) is 11.8 Å². The van der Waals surface area contributed by atoms with Gasteiger partial charge in [-0.3, -0.25) is 9.59 Å². The maximum absolute atomic E-state index is 13.6. The molecule has 2 amide bonds. The zero-order valence-electron chi connectivity index (χ0n) is 20.9. The molecule has 1 N–H and O–H groups in total. The molecular weight excluding hydrogens is 452 g/mol. The summed E-state index contributed by atoms with van der Waals surface area (Å²) in [5.41, 5.74) is 3.21. The van der Waals surface area contributed by atoms with Crippen molar-refractivity contribution in [1.29, 1.82) is 0 Å². The van der Waals surface area contributed by atoms with Crippen LogP contribution in [-0.4, -0.2) is 35.1 Å². The van der Waals surface area contributed by atoms with Crippen LogP contribution >= 0.6 is 11.8 Å². The monoisotopic (exact) mass is 488 g/mol. The maximum atomic E-state index is 13.6. The van der Waals surface area contributed by atoms with Crippen LogP contribution in [0.2, 0.25) is 0 Å². The molecule has 0 aliphatic rings. The molecule has 5 heteroatoms. The lowest BCUT2D eigenvalue weighted by Gasteiger charge is -2.32. The molecule has 0 aliphatic heterocycles. The third kappa shape index (κ3) is 8.91. The van der Waals surface area contributed by atoms with Crippen LogP contribution in [0.15, 0.2) is 89.8 Å². The molecule has 1 atom stereocenters. The Morgan fingerprint density at radius 3 is 2.20 bits per heavy atom. The van der Waals surface area contributed by atoms with E-state index in [9.17, 15) is 9.59 Å². The molecule has 184 valence electrons. The fourth-order valence-electron chi connectivity index (χ4n) is 3.90. The summed E-state index contributed by atoms with van der Waals surface area (Å²) in [5.74, 6) is 0.896. The molecule has 0 aromatic heterocycles. The number of carbonyl (C=O) groups is 2. The summed E-state index contributed by atoms with van der Waals surface area (Å²) in [4.78, 5) is 30.0. The predicted molar refractivity (Wildman–Crippen MR) is 145 cm³/mol. The van der Waals surface area contributed by atoms with E-state index in [4.69, 9.17) is 0 Å². The second kappa shape index (κ2) is 13.7. The second-order valence-corrected chi connectivity index (χ2v) is 10.4. The lowest BCUT2D eigenvalue weighted by atomic mass is 10.0. The molecule has 0 radical (unpaired) electrons. The van der Waals surface area contributed by atoms with Crippen LogP contribution in [0.4, 0.5) is 0 Å². The van der Waals surface area contributed by atoms with Gasteiger partial charge >= 0.3 is 0 Å². The standard InChI is InChI=1S/C30H36N2O2S/c1-23(2)21-31-30(34)28(20-25-12-6-4-7-13-25)32(22-26-14-10-11-24(3)19-26)29(33)17-18-35-27-15-8-5-9-16-27/h4-16,19,23,28H,17-18,20-22H2,1-3H3,(H,31,34)/t28-/m0/s1. The zero-order chi connectivity index (χ0) is 25.0. The first-order valence-electron chi connectivity index (χ1n) is 12.3. The molecule has 35 heavy (non-hydrogen) atoms. The molecule has 0 aliphatic carbocycles. The highest BCUT2D eigenvalue weighted by Gasteiger charge is 2.30. The summed E-state index contributed by atoms with van der Waals surface area (Å²) >= 11 is 1.67. The number of benzene rings is 3. The number of nitrogens with zero attached hydrogens (tertiary/aromatic N) is 1. The Morgan fingerprint density at radius 2 is 1.54 bits per heavy atom. The van der Waals surface area contributed by atoms with Crippen LogP contribution in [0.5, 0.6) is 0 Å². The quantitative estimate of drug-likeness (QED) is 0.324. The number of thioether (sulfide) groups is 1. The summed E-state index contributed by atoms with van der Waals surface area (Å²) in [6.45, 7) is 7.18. The van der Waals surface area contributed by atoms with Crippen molar-refractivity contribution >= 4 is 23.6 Å². The Balaban J connectivity index is 1.84. The van der Waals surface area contributed by atoms with Crippen LogP contribution in [0.25, 0.3) is 0 Å². The molecule has 3 rings (SSSR count). The van der Waals surface area contributed by atoms with Crippen molar-refractivity contribution in [2.45, 2.75) is 51.1 Å². The van der Waals surface area contributed by atoms with E-state index < -0.39 is 6.04 Å². The van der Waals surface area contributed by atoms with Gasteiger partial charge in [-0.05, 0) is 36.1 Å². The summed E-state index contributed by atoms with van der Waals surface area (Å²) in [6, 6.07) is 27.6. The Morgan fingerprint density at radius 1 is 0.886 bits per heavy atom. The van der Waals surface area contributed by atoms with E-state index in [1.165, 1.54) is 0 Å². The van der Waals surface area contributed by atoms with Gasteiger partial charge in [0.15, 0.2) is 0 Å². The number of rotatable bonds is 12. The first-order chi connectivity index (χ1) is 16.9. The van der Waals surface area contributed by atoms with Gasteiger partial charge in [0.05, 0.1) is 0 Å².